The monoisotopic (exact) mass is 391 g/mol. The molecule has 1 atom stereocenters. The van der Waals surface area contributed by atoms with Gasteiger partial charge in [0.2, 0.25) is 0 Å². The van der Waals surface area contributed by atoms with Crippen LogP contribution >= 0.6 is 11.8 Å². The van der Waals surface area contributed by atoms with Gasteiger partial charge in [0.05, 0.1) is 0 Å². The van der Waals surface area contributed by atoms with E-state index < -0.39 is 17.9 Å². The topological polar surface area (TPSA) is 106 Å². The van der Waals surface area contributed by atoms with Gasteiger partial charge in [0, 0.05) is 17.0 Å². The predicted octanol–water partition coefficient (Wildman–Crippen LogP) is 1.98. The molecule has 144 valence electrons. The summed E-state index contributed by atoms with van der Waals surface area (Å²) in [6.45, 7) is -0.316. The molecule has 1 heterocycles. The standard InChI is InChI=1S/C19H21NO6S/c1-27-8-7-15(18(22)23)20-17(21)10-25-11-5-6-13-12-3-2-4-14(12)19(24)26-16(13)9-11/h5-6,9,15H,2-4,7-8,10H2,1H3,(H,20,21)(H,22,23)/t15-/m1/s1. The Kier molecular flexibility index (Phi) is 6.05. The smallest absolute Gasteiger partial charge is 0.339 e. The number of carboxylic acid groups (broad SMARTS) is 1. The minimum atomic E-state index is -1.07. The van der Waals surface area contributed by atoms with Crippen LogP contribution in [0.25, 0.3) is 11.0 Å². The number of nitrogens with one attached hydrogen (secondary N) is 1. The average molecular weight is 391 g/mol. The molecule has 0 fully saturated rings. The number of benzene rings is 1. The number of fused-ring (bicyclic) bond motifs is 3. The Bertz CT molecular complexity index is 922. The highest BCUT2D eigenvalue weighted by molar-refractivity contribution is 7.98. The number of hydrogen-bond donors (Lipinski definition) is 2. The van der Waals surface area contributed by atoms with E-state index in [1.807, 2.05) is 12.3 Å². The van der Waals surface area contributed by atoms with Crippen LogP contribution in [0.4, 0.5) is 0 Å². The van der Waals surface area contributed by atoms with Gasteiger partial charge >= 0.3 is 11.6 Å². The molecule has 0 saturated carbocycles. The van der Waals surface area contributed by atoms with Gasteiger partial charge in [-0.2, -0.15) is 11.8 Å². The number of rotatable bonds is 8. The van der Waals surface area contributed by atoms with E-state index in [0.717, 1.165) is 35.8 Å². The quantitative estimate of drug-likeness (QED) is 0.663. The molecule has 1 aliphatic carbocycles. The van der Waals surface area contributed by atoms with E-state index in [0.29, 0.717) is 23.5 Å². The Morgan fingerprint density at radius 1 is 1.33 bits per heavy atom. The number of aliphatic carboxylic acids is 1. The molecule has 0 radical (unpaired) electrons. The lowest BCUT2D eigenvalue weighted by Gasteiger charge is -2.14. The zero-order chi connectivity index (χ0) is 19.4. The van der Waals surface area contributed by atoms with Gasteiger partial charge in [-0.3, -0.25) is 4.79 Å². The molecule has 1 aliphatic rings. The summed E-state index contributed by atoms with van der Waals surface area (Å²) < 4.78 is 10.8. The van der Waals surface area contributed by atoms with Crippen molar-refractivity contribution >= 4 is 34.6 Å². The molecule has 27 heavy (non-hydrogen) atoms. The van der Waals surface area contributed by atoms with Crippen LogP contribution in [0.15, 0.2) is 27.4 Å². The fourth-order valence-electron chi connectivity index (χ4n) is 3.23. The third-order valence-corrected chi connectivity index (χ3v) is 5.20. The van der Waals surface area contributed by atoms with Gasteiger partial charge in [-0.15, -0.1) is 0 Å². The fraction of sp³-hybridized carbons (Fsp3) is 0.421. The molecule has 0 bridgehead atoms. The molecule has 0 spiro atoms. The maximum absolute atomic E-state index is 12.0. The highest BCUT2D eigenvalue weighted by Crippen LogP contribution is 2.29. The molecule has 0 aliphatic heterocycles. The van der Waals surface area contributed by atoms with Gasteiger partial charge in [-0.05, 0) is 55.4 Å². The summed E-state index contributed by atoms with van der Waals surface area (Å²) in [6, 6.07) is 4.20. The number of carboxylic acids is 1. The van der Waals surface area contributed by atoms with Gasteiger partial charge in [-0.25, -0.2) is 9.59 Å². The Morgan fingerprint density at radius 2 is 2.11 bits per heavy atom. The molecule has 1 aromatic heterocycles. The summed E-state index contributed by atoms with van der Waals surface area (Å²) in [5.41, 5.74) is 1.90. The third-order valence-electron chi connectivity index (χ3n) is 4.56. The van der Waals surface area contributed by atoms with Crippen LogP contribution in [-0.2, 0) is 22.4 Å². The Labute approximate surface area is 160 Å². The zero-order valence-electron chi connectivity index (χ0n) is 14.9. The van der Waals surface area contributed by atoms with E-state index in [-0.39, 0.29) is 12.2 Å². The Morgan fingerprint density at radius 3 is 2.85 bits per heavy atom. The summed E-state index contributed by atoms with van der Waals surface area (Å²) in [5, 5.41) is 12.5. The molecular formula is C19H21NO6S. The van der Waals surface area contributed by atoms with E-state index >= 15 is 0 Å². The summed E-state index contributed by atoms with van der Waals surface area (Å²) in [4.78, 5) is 35.2. The van der Waals surface area contributed by atoms with E-state index in [1.54, 1.807) is 12.1 Å². The minimum absolute atomic E-state index is 0.316. The van der Waals surface area contributed by atoms with Gasteiger partial charge in [0.1, 0.15) is 17.4 Å². The molecule has 1 aromatic carbocycles. The molecule has 2 N–H and O–H groups in total. The SMILES string of the molecule is CSCC[C@@H](NC(=O)COc1ccc2c3c(c(=O)oc2c1)CCC3)C(=O)O. The maximum atomic E-state index is 12.0. The van der Waals surface area contributed by atoms with Crippen molar-refractivity contribution in [3.8, 4) is 5.75 Å². The molecule has 7 nitrogen and oxygen atoms in total. The second-order valence-electron chi connectivity index (χ2n) is 6.39. The highest BCUT2D eigenvalue weighted by atomic mass is 32.2. The predicted molar refractivity (Wildman–Crippen MR) is 103 cm³/mol. The fourth-order valence-corrected chi connectivity index (χ4v) is 3.70. The van der Waals surface area contributed by atoms with Gasteiger partial charge in [-0.1, -0.05) is 0 Å². The summed E-state index contributed by atoms with van der Waals surface area (Å²) >= 11 is 1.51. The molecule has 3 rings (SSSR count). The van der Waals surface area contributed by atoms with Crippen LogP contribution in [0.3, 0.4) is 0 Å². The summed E-state index contributed by atoms with van der Waals surface area (Å²) in [6.07, 6.45) is 4.75. The highest BCUT2D eigenvalue weighted by Gasteiger charge is 2.21. The Hall–Kier alpha value is -2.48. The van der Waals surface area contributed by atoms with E-state index in [2.05, 4.69) is 5.32 Å². The molecule has 0 unspecified atom stereocenters. The lowest BCUT2D eigenvalue weighted by atomic mass is 10.1. The van der Waals surface area contributed by atoms with Crippen LogP contribution in [0, 0.1) is 0 Å². The van der Waals surface area contributed by atoms with Crippen LogP contribution in [0.2, 0.25) is 0 Å². The molecule has 1 amide bonds. The van der Waals surface area contributed by atoms with Crippen molar-refractivity contribution in [2.24, 2.45) is 0 Å². The van der Waals surface area contributed by atoms with Crippen LogP contribution in [-0.4, -0.2) is 41.6 Å². The van der Waals surface area contributed by atoms with Crippen LogP contribution in [0.5, 0.6) is 5.75 Å². The number of amides is 1. The lowest BCUT2D eigenvalue weighted by Crippen LogP contribution is -2.43. The number of aryl methyl sites for hydroxylation is 1. The van der Waals surface area contributed by atoms with Crippen molar-refractivity contribution in [3.05, 3.63) is 39.7 Å². The number of ether oxygens (including phenoxy) is 1. The van der Waals surface area contributed by atoms with Crippen molar-refractivity contribution < 1.29 is 23.8 Å². The molecule has 2 aromatic rings. The largest absolute Gasteiger partial charge is 0.484 e. The van der Waals surface area contributed by atoms with Crippen LogP contribution < -0.4 is 15.7 Å². The van der Waals surface area contributed by atoms with Crippen molar-refractivity contribution in [1.29, 1.82) is 0 Å². The normalized spacial score (nSPS) is 14.0. The number of thioether (sulfide) groups is 1. The number of carbonyl (C=O) groups excluding carboxylic acids is 1. The average Bonchev–Trinajstić information content (AvgIpc) is 3.13. The van der Waals surface area contributed by atoms with Crippen LogP contribution in [0.1, 0.15) is 24.0 Å². The van der Waals surface area contributed by atoms with E-state index in [1.165, 1.54) is 11.8 Å². The number of carbonyl (C=O) groups is 2. The second kappa shape index (κ2) is 8.47. The molecular weight excluding hydrogens is 370 g/mol. The zero-order valence-corrected chi connectivity index (χ0v) is 15.8. The summed E-state index contributed by atoms with van der Waals surface area (Å²) in [5.74, 6) is -0.570. The first kappa shape index (κ1) is 19.3. The van der Waals surface area contributed by atoms with Crippen molar-refractivity contribution in [3.63, 3.8) is 0 Å². The van der Waals surface area contributed by atoms with Crippen molar-refractivity contribution in [1.82, 2.24) is 5.32 Å². The van der Waals surface area contributed by atoms with Crippen molar-refractivity contribution in [2.45, 2.75) is 31.7 Å². The number of hydrogen-bond acceptors (Lipinski definition) is 6. The second-order valence-corrected chi connectivity index (χ2v) is 7.37. The maximum Gasteiger partial charge on any atom is 0.339 e. The molecule has 8 heteroatoms. The van der Waals surface area contributed by atoms with E-state index in [9.17, 15) is 14.4 Å². The first-order chi connectivity index (χ1) is 13.0. The van der Waals surface area contributed by atoms with Gasteiger partial charge in [0.25, 0.3) is 5.91 Å². The minimum Gasteiger partial charge on any atom is -0.484 e. The van der Waals surface area contributed by atoms with Gasteiger partial charge in [0.15, 0.2) is 6.61 Å². The van der Waals surface area contributed by atoms with E-state index in [4.69, 9.17) is 14.3 Å². The Balaban J connectivity index is 1.66. The lowest BCUT2D eigenvalue weighted by molar-refractivity contribution is -0.142. The first-order valence-corrected chi connectivity index (χ1v) is 10.1. The van der Waals surface area contributed by atoms with Gasteiger partial charge < -0.3 is 19.6 Å². The third kappa shape index (κ3) is 4.44. The molecule has 0 saturated heterocycles. The first-order valence-electron chi connectivity index (χ1n) is 8.72. The van der Waals surface area contributed by atoms with Crippen molar-refractivity contribution in [2.75, 3.05) is 18.6 Å². The summed E-state index contributed by atoms with van der Waals surface area (Å²) in [7, 11) is 0.